The van der Waals surface area contributed by atoms with Gasteiger partial charge in [-0.2, -0.15) is 0 Å². The molecule has 2 N–H and O–H groups in total. The summed E-state index contributed by atoms with van der Waals surface area (Å²) in [5.74, 6) is 0.450. The maximum absolute atomic E-state index is 11.9. The molecule has 1 aliphatic rings. The predicted molar refractivity (Wildman–Crippen MR) is 80.4 cm³/mol. The molecule has 2 atom stereocenters. The highest BCUT2D eigenvalue weighted by Gasteiger charge is 2.34. The maximum Gasteiger partial charge on any atom is 0.335 e. The summed E-state index contributed by atoms with van der Waals surface area (Å²) in [6.45, 7) is 3.51. The summed E-state index contributed by atoms with van der Waals surface area (Å²) in [5.41, 5.74) is 1.19. The number of carboxylic acid groups (broad SMARTS) is 1. The van der Waals surface area contributed by atoms with Gasteiger partial charge in [0.2, 0.25) is 0 Å². The highest BCUT2D eigenvalue weighted by atomic mass is 16.4. The quantitative estimate of drug-likeness (QED) is 0.844. The van der Waals surface area contributed by atoms with E-state index in [1.165, 1.54) is 6.42 Å². The zero-order valence-corrected chi connectivity index (χ0v) is 12.5. The molecule has 5 nitrogen and oxygen atoms in total. The van der Waals surface area contributed by atoms with Crippen LogP contribution >= 0.6 is 0 Å². The van der Waals surface area contributed by atoms with E-state index in [-0.39, 0.29) is 11.6 Å². The number of carboxylic acids is 1. The van der Waals surface area contributed by atoms with E-state index in [4.69, 9.17) is 5.11 Å². The average Bonchev–Trinajstić information content (AvgIpc) is 3.14. The van der Waals surface area contributed by atoms with Crippen LogP contribution in [0.15, 0.2) is 24.3 Å². The Labute approximate surface area is 125 Å². The van der Waals surface area contributed by atoms with Crippen molar-refractivity contribution in [2.24, 2.45) is 11.8 Å². The van der Waals surface area contributed by atoms with Crippen LogP contribution in [0.1, 0.15) is 29.3 Å². The zero-order chi connectivity index (χ0) is 15.4. The van der Waals surface area contributed by atoms with Crippen LogP contribution in [0.2, 0.25) is 0 Å². The fourth-order valence-corrected chi connectivity index (χ4v) is 2.40. The lowest BCUT2D eigenvalue weighted by Crippen LogP contribution is -2.39. The summed E-state index contributed by atoms with van der Waals surface area (Å²) in [4.78, 5) is 24.5. The van der Waals surface area contributed by atoms with Crippen LogP contribution in [0.25, 0.3) is 0 Å². The van der Waals surface area contributed by atoms with E-state index in [1.54, 1.807) is 23.1 Å². The molecule has 21 heavy (non-hydrogen) atoms. The molecule has 1 aliphatic carbocycles. The van der Waals surface area contributed by atoms with Crippen molar-refractivity contribution in [3.05, 3.63) is 35.4 Å². The van der Waals surface area contributed by atoms with Crippen LogP contribution in [0.3, 0.4) is 0 Å². The molecule has 1 aromatic carbocycles. The van der Waals surface area contributed by atoms with Crippen molar-refractivity contribution in [3.8, 4) is 0 Å². The average molecular weight is 290 g/mol. The topological polar surface area (TPSA) is 69.6 Å². The first-order valence-corrected chi connectivity index (χ1v) is 7.28. The van der Waals surface area contributed by atoms with Crippen LogP contribution in [0.4, 0.5) is 4.79 Å². The molecule has 0 bridgehead atoms. The summed E-state index contributed by atoms with van der Waals surface area (Å²) < 4.78 is 0. The first-order valence-electron chi connectivity index (χ1n) is 7.28. The number of nitrogens with zero attached hydrogens (tertiary/aromatic N) is 1. The van der Waals surface area contributed by atoms with Gasteiger partial charge in [0.05, 0.1) is 5.56 Å². The van der Waals surface area contributed by atoms with E-state index in [0.29, 0.717) is 18.9 Å². The maximum atomic E-state index is 11.9. The minimum atomic E-state index is -0.931. The van der Waals surface area contributed by atoms with Crippen LogP contribution < -0.4 is 5.32 Å². The fourth-order valence-electron chi connectivity index (χ4n) is 2.40. The largest absolute Gasteiger partial charge is 0.478 e. The molecule has 1 aromatic rings. The van der Waals surface area contributed by atoms with Gasteiger partial charge in [-0.1, -0.05) is 19.1 Å². The third kappa shape index (κ3) is 4.48. The fraction of sp³-hybridized carbons (Fsp3) is 0.500. The molecule has 0 saturated heterocycles. The van der Waals surface area contributed by atoms with Crippen LogP contribution in [0, 0.1) is 11.8 Å². The van der Waals surface area contributed by atoms with E-state index >= 15 is 0 Å². The first-order chi connectivity index (χ1) is 9.97. The number of hydrogen-bond acceptors (Lipinski definition) is 2. The Balaban J connectivity index is 1.74. The third-order valence-corrected chi connectivity index (χ3v) is 4.00. The number of urea groups is 1. The van der Waals surface area contributed by atoms with Gasteiger partial charge in [-0.3, -0.25) is 0 Å². The molecule has 0 spiro atoms. The van der Waals surface area contributed by atoms with Crippen molar-refractivity contribution in [1.29, 1.82) is 0 Å². The zero-order valence-electron chi connectivity index (χ0n) is 12.5. The molecule has 2 unspecified atom stereocenters. The van der Waals surface area contributed by atoms with Crippen molar-refractivity contribution in [2.45, 2.75) is 19.8 Å². The Kier molecular flexibility index (Phi) is 4.83. The second kappa shape index (κ2) is 6.61. The van der Waals surface area contributed by atoms with Crippen molar-refractivity contribution >= 4 is 12.0 Å². The van der Waals surface area contributed by atoms with Crippen LogP contribution in [-0.2, 0) is 6.42 Å². The Morgan fingerprint density at radius 3 is 2.76 bits per heavy atom. The molecule has 1 saturated carbocycles. The Hall–Kier alpha value is -2.04. The highest BCUT2D eigenvalue weighted by Crippen LogP contribution is 2.37. The van der Waals surface area contributed by atoms with Crippen LogP contribution in [0.5, 0.6) is 0 Å². The van der Waals surface area contributed by atoms with Crippen molar-refractivity contribution in [3.63, 3.8) is 0 Å². The SMILES string of the molecule is CC1CC1CN(C)C(=O)NCCc1cccc(C(=O)O)c1. The van der Waals surface area contributed by atoms with Gasteiger partial charge in [0.1, 0.15) is 0 Å². The van der Waals surface area contributed by atoms with Gasteiger partial charge in [-0.05, 0) is 42.4 Å². The molecular formula is C16H22N2O3. The molecule has 0 heterocycles. The summed E-state index contributed by atoms with van der Waals surface area (Å²) in [7, 11) is 1.81. The number of hydrogen-bond donors (Lipinski definition) is 2. The Bertz CT molecular complexity index is 530. The van der Waals surface area contributed by atoms with E-state index in [2.05, 4.69) is 12.2 Å². The monoisotopic (exact) mass is 290 g/mol. The van der Waals surface area contributed by atoms with Gasteiger partial charge in [0.25, 0.3) is 0 Å². The molecule has 0 aromatic heterocycles. The summed E-state index contributed by atoms with van der Waals surface area (Å²) >= 11 is 0. The number of nitrogens with one attached hydrogen (secondary N) is 1. The van der Waals surface area contributed by atoms with Crippen LogP contribution in [-0.4, -0.2) is 42.1 Å². The summed E-state index contributed by atoms with van der Waals surface area (Å²) in [6, 6.07) is 6.73. The van der Waals surface area contributed by atoms with Gasteiger partial charge in [0, 0.05) is 20.1 Å². The van der Waals surface area contributed by atoms with Crippen molar-refractivity contribution in [1.82, 2.24) is 10.2 Å². The second-order valence-electron chi connectivity index (χ2n) is 5.84. The lowest BCUT2D eigenvalue weighted by molar-refractivity contribution is 0.0696. The summed E-state index contributed by atoms with van der Waals surface area (Å²) in [6.07, 6.45) is 1.83. The standard InChI is InChI=1S/C16H22N2O3/c1-11-8-14(11)10-18(2)16(21)17-7-6-12-4-3-5-13(9-12)15(19)20/h3-5,9,11,14H,6-8,10H2,1-2H3,(H,17,21)(H,19,20). The van der Waals surface area contributed by atoms with Crippen molar-refractivity contribution in [2.75, 3.05) is 20.1 Å². The number of carbonyl (C=O) groups is 2. The Morgan fingerprint density at radius 2 is 2.14 bits per heavy atom. The van der Waals surface area contributed by atoms with Crippen molar-refractivity contribution < 1.29 is 14.7 Å². The molecule has 114 valence electrons. The van der Waals surface area contributed by atoms with Gasteiger partial charge >= 0.3 is 12.0 Å². The van der Waals surface area contributed by atoms with Gasteiger partial charge in [-0.25, -0.2) is 9.59 Å². The van der Waals surface area contributed by atoms with E-state index < -0.39 is 5.97 Å². The third-order valence-electron chi connectivity index (χ3n) is 4.00. The number of rotatable bonds is 6. The molecule has 1 fully saturated rings. The van der Waals surface area contributed by atoms with E-state index in [0.717, 1.165) is 18.0 Å². The molecule has 0 aliphatic heterocycles. The molecule has 2 rings (SSSR count). The minimum absolute atomic E-state index is 0.0662. The van der Waals surface area contributed by atoms with E-state index in [1.807, 2.05) is 13.1 Å². The Morgan fingerprint density at radius 1 is 1.43 bits per heavy atom. The van der Waals surface area contributed by atoms with E-state index in [9.17, 15) is 9.59 Å². The van der Waals surface area contributed by atoms with Gasteiger partial charge < -0.3 is 15.3 Å². The normalized spacial score (nSPS) is 19.9. The molecule has 0 radical (unpaired) electrons. The molecular weight excluding hydrogens is 268 g/mol. The number of benzene rings is 1. The minimum Gasteiger partial charge on any atom is -0.478 e. The molecule has 2 amide bonds. The number of aromatic carboxylic acids is 1. The lowest BCUT2D eigenvalue weighted by atomic mass is 10.1. The lowest BCUT2D eigenvalue weighted by Gasteiger charge is -2.17. The second-order valence-corrected chi connectivity index (χ2v) is 5.84. The molecule has 5 heteroatoms. The summed E-state index contributed by atoms with van der Waals surface area (Å²) in [5, 5.41) is 11.8. The first kappa shape index (κ1) is 15.4. The van der Waals surface area contributed by atoms with Gasteiger partial charge in [0.15, 0.2) is 0 Å². The number of amides is 2. The van der Waals surface area contributed by atoms with Gasteiger partial charge in [-0.15, -0.1) is 0 Å². The smallest absolute Gasteiger partial charge is 0.335 e. The number of carbonyl (C=O) groups excluding carboxylic acids is 1. The predicted octanol–water partition coefficient (Wildman–Crippen LogP) is 2.22. The highest BCUT2D eigenvalue weighted by molar-refractivity contribution is 5.87.